The number of methoxy groups -OCH3 is 1. The number of ether oxygens (including phenoxy) is 1. The van der Waals surface area contributed by atoms with Gasteiger partial charge in [0.1, 0.15) is 11.6 Å². The largest absolute Gasteiger partial charge is 0.385 e. The summed E-state index contributed by atoms with van der Waals surface area (Å²) in [6.45, 7) is 1.79. The topological polar surface area (TPSA) is 72.2 Å². The maximum absolute atomic E-state index is 5.32. The summed E-state index contributed by atoms with van der Waals surface area (Å²) in [5.74, 6) is 6.86. The van der Waals surface area contributed by atoms with Crippen LogP contribution in [0.3, 0.4) is 0 Å². The number of pyridine rings is 1. The molecule has 1 aliphatic carbocycles. The molecule has 0 bridgehead atoms. The van der Waals surface area contributed by atoms with Gasteiger partial charge in [0.25, 0.3) is 0 Å². The molecule has 1 aromatic heterocycles. The molecule has 4 N–H and O–H groups in total. The lowest BCUT2D eigenvalue weighted by Gasteiger charge is -2.16. The average Bonchev–Trinajstić information content (AvgIpc) is 3.15. The van der Waals surface area contributed by atoms with Crippen molar-refractivity contribution >= 4 is 11.6 Å². The second-order valence-corrected chi connectivity index (χ2v) is 4.65. The molecule has 94 valence electrons. The second-order valence-electron chi connectivity index (χ2n) is 4.65. The van der Waals surface area contributed by atoms with Gasteiger partial charge in [0.2, 0.25) is 0 Å². The van der Waals surface area contributed by atoms with Gasteiger partial charge in [0.05, 0.1) is 0 Å². The van der Waals surface area contributed by atoms with Crippen LogP contribution in [0.4, 0.5) is 11.6 Å². The molecular formula is C12H20N4O. The Balaban J connectivity index is 1.85. The van der Waals surface area contributed by atoms with Crippen LogP contribution in [-0.4, -0.2) is 25.2 Å². The predicted molar refractivity (Wildman–Crippen MR) is 68.7 cm³/mol. The van der Waals surface area contributed by atoms with E-state index in [0.29, 0.717) is 11.2 Å². The fraction of sp³-hybridized carbons (Fsp3) is 0.583. The van der Waals surface area contributed by atoms with Crippen molar-refractivity contribution in [3.63, 3.8) is 0 Å². The molecule has 0 spiro atoms. The van der Waals surface area contributed by atoms with Crippen LogP contribution in [0.25, 0.3) is 0 Å². The number of nitrogens with two attached hydrogens (primary N) is 1. The fourth-order valence-corrected chi connectivity index (χ4v) is 1.90. The Kier molecular flexibility index (Phi) is 3.81. The van der Waals surface area contributed by atoms with Gasteiger partial charge in [-0.05, 0) is 36.8 Å². The zero-order valence-corrected chi connectivity index (χ0v) is 10.2. The molecule has 0 saturated heterocycles. The summed E-state index contributed by atoms with van der Waals surface area (Å²) in [5.41, 5.74) is 2.96. The lowest BCUT2D eigenvalue weighted by Crippen LogP contribution is -2.18. The van der Waals surface area contributed by atoms with Crippen LogP contribution in [0.2, 0.25) is 0 Å². The van der Waals surface area contributed by atoms with Crippen molar-refractivity contribution in [3.8, 4) is 0 Å². The van der Waals surface area contributed by atoms with Gasteiger partial charge in [0, 0.05) is 20.3 Å². The van der Waals surface area contributed by atoms with Crippen LogP contribution in [0.15, 0.2) is 18.2 Å². The van der Waals surface area contributed by atoms with Gasteiger partial charge in [-0.1, -0.05) is 6.07 Å². The van der Waals surface area contributed by atoms with Crippen LogP contribution in [0, 0.1) is 5.41 Å². The number of hydrazine groups is 1. The van der Waals surface area contributed by atoms with Crippen molar-refractivity contribution in [2.75, 3.05) is 31.0 Å². The standard InChI is InChI=1S/C12H20N4O/c1-17-8-7-12(5-6-12)9-14-10-3-2-4-11(15-10)16-13/h2-4H,5-9,13H2,1H3,(H2,14,15,16). The Labute approximate surface area is 102 Å². The monoisotopic (exact) mass is 236 g/mol. The first kappa shape index (κ1) is 12.1. The minimum absolute atomic E-state index is 0.420. The molecule has 0 aliphatic heterocycles. The van der Waals surface area contributed by atoms with Crippen molar-refractivity contribution in [3.05, 3.63) is 18.2 Å². The lowest BCUT2D eigenvalue weighted by atomic mass is 10.0. The molecule has 5 heteroatoms. The van der Waals surface area contributed by atoms with E-state index in [2.05, 4.69) is 15.7 Å². The number of nitrogens with one attached hydrogen (secondary N) is 2. The minimum atomic E-state index is 0.420. The number of rotatable bonds is 7. The van der Waals surface area contributed by atoms with E-state index in [0.717, 1.165) is 25.4 Å². The van der Waals surface area contributed by atoms with E-state index in [4.69, 9.17) is 10.6 Å². The first-order valence-corrected chi connectivity index (χ1v) is 5.94. The SMILES string of the molecule is COCCC1(CNc2cccc(NN)n2)CC1. The van der Waals surface area contributed by atoms with Crippen LogP contribution in [-0.2, 0) is 4.74 Å². The molecule has 0 unspecified atom stereocenters. The molecule has 5 nitrogen and oxygen atoms in total. The molecule has 17 heavy (non-hydrogen) atoms. The van der Waals surface area contributed by atoms with Crippen molar-refractivity contribution in [2.45, 2.75) is 19.3 Å². The van der Waals surface area contributed by atoms with E-state index >= 15 is 0 Å². The first-order chi connectivity index (χ1) is 8.28. The molecule has 1 heterocycles. The number of aromatic nitrogens is 1. The summed E-state index contributed by atoms with van der Waals surface area (Å²) < 4.78 is 5.14. The minimum Gasteiger partial charge on any atom is -0.385 e. The smallest absolute Gasteiger partial charge is 0.142 e. The average molecular weight is 236 g/mol. The molecule has 1 saturated carbocycles. The van der Waals surface area contributed by atoms with E-state index in [9.17, 15) is 0 Å². The molecule has 0 aromatic carbocycles. The molecule has 0 amide bonds. The van der Waals surface area contributed by atoms with Crippen LogP contribution < -0.4 is 16.6 Å². The van der Waals surface area contributed by atoms with Gasteiger partial charge in [-0.2, -0.15) is 0 Å². The Morgan fingerprint density at radius 1 is 1.41 bits per heavy atom. The summed E-state index contributed by atoms with van der Waals surface area (Å²) in [6, 6.07) is 5.72. The maximum Gasteiger partial charge on any atom is 0.142 e. The molecule has 1 fully saturated rings. The van der Waals surface area contributed by atoms with Crippen molar-refractivity contribution in [1.82, 2.24) is 4.98 Å². The van der Waals surface area contributed by atoms with Crippen LogP contribution in [0.5, 0.6) is 0 Å². The summed E-state index contributed by atoms with van der Waals surface area (Å²) in [4.78, 5) is 4.32. The Hall–Kier alpha value is -1.33. The van der Waals surface area contributed by atoms with Gasteiger partial charge < -0.3 is 15.5 Å². The Morgan fingerprint density at radius 3 is 2.82 bits per heavy atom. The van der Waals surface area contributed by atoms with Gasteiger partial charge in [-0.25, -0.2) is 10.8 Å². The molecule has 0 atom stereocenters. The molecule has 1 aromatic rings. The highest BCUT2D eigenvalue weighted by Crippen LogP contribution is 2.48. The lowest BCUT2D eigenvalue weighted by molar-refractivity contribution is 0.175. The van der Waals surface area contributed by atoms with E-state index in [1.165, 1.54) is 12.8 Å². The third-order valence-electron chi connectivity index (χ3n) is 3.34. The van der Waals surface area contributed by atoms with E-state index in [-0.39, 0.29) is 0 Å². The van der Waals surface area contributed by atoms with E-state index in [1.54, 1.807) is 7.11 Å². The zero-order chi connectivity index (χ0) is 12.1. The highest BCUT2D eigenvalue weighted by Gasteiger charge is 2.41. The Morgan fingerprint density at radius 2 is 2.18 bits per heavy atom. The van der Waals surface area contributed by atoms with Gasteiger partial charge in [-0.15, -0.1) is 0 Å². The molecule has 2 rings (SSSR count). The van der Waals surface area contributed by atoms with Gasteiger partial charge in [0.15, 0.2) is 0 Å². The van der Waals surface area contributed by atoms with Gasteiger partial charge in [-0.3, -0.25) is 0 Å². The summed E-state index contributed by atoms with van der Waals surface area (Å²) >= 11 is 0. The molecule has 1 aliphatic rings. The molecular weight excluding hydrogens is 216 g/mol. The highest BCUT2D eigenvalue weighted by atomic mass is 16.5. The summed E-state index contributed by atoms with van der Waals surface area (Å²) in [5, 5.41) is 3.37. The van der Waals surface area contributed by atoms with Crippen molar-refractivity contribution in [2.24, 2.45) is 11.3 Å². The normalized spacial score (nSPS) is 16.6. The summed E-state index contributed by atoms with van der Waals surface area (Å²) in [7, 11) is 1.75. The number of nitrogens with zero attached hydrogens (tertiary/aromatic N) is 1. The highest BCUT2D eigenvalue weighted by molar-refractivity contribution is 5.44. The van der Waals surface area contributed by atoms with Crippen molar-refractivity contribution < 1.29 is 4.74 Å². The molecule has 0 radical (unpaired) electrons. The van der Waals surface area contributed by atoms with E-state index in [1.807, 2.05) is 18.2 Å². The number of hydrogen-bond acceptors (Lipinski definition) is 5. The maximum atomic E-state index is 5.32. The van der Waals surface area contributed by atoms with Crippen LogP contribution >= 0.6 is 0 Å². The third-order valence-corrected chi connectivity index (χ3v) is 3.34. The quantitative estimate of drug-likeness (QED) is 0.495. The fourth-order valence-electron chi connectivity index (χ4n) is 1.90. The number of hydrogen-bond donors (Lipinski definition) is 3. The third kappa shape index (κ3) is 3.31. The first-order valence-electron chi connectivity index (χ1n) is 5.94. The number of nitrogen functional groups attached to an aromatic ring is 1. The van der Waals surface area contributed by atoms with E-state index < -0.39 is 0 Å². The second kappa shape index (κ2) is 5.33. The van der Waals surface area contributed by atoms with Gasteiger partial charge >= 0.3 is 0 Å². The zero-order valence-electron chi connectivity index (χ0n) is 10.2. The number of anilines is 2. The summed E-state index contributed by atoms with van der Waals surface area (Å²) in [6.07, 6.45) is 3.67. The predicted octanol–water partition coefficient (Wildman–Crippen LogP) is 1.60. The van der Waals surface area contributed by atoms with Crippen LogP contribution in [0.1, 0.15) is 19.3 Å². The van der Waals surface area contributed by atoms with Crippen molar-refractivity contribution in [1.29, 1.82) is 0 Å². The Bertz CT molecular complexity index is 365.